The van der Waals surface area contributed by atoms with Crippen LogP contribution in [0, 0.1) is 6.92 Å². The van der Waals surface area contributed by atoms with Gasteiger partial charge in [-0.15, -0.1) is 0 Å². The average Bonchev–Trinajstić information content (AvgIpc) is 3.23. The Morgan fingerprint density at radius 3 is 2.14 bits per heavy atom. The maximum Gasteiger partial charge on any atom is 0.255 e. The molecule has 0 bridgehead atoms. The van der Waals surface area contributed by atoms with E-state index in [0.717, 1.165) is 94.1 Å². The molecule has 4 aromatic rings. The monoisotopic (exact) mass is 780 g/mol. The summed E-state index contributed by atoms with van der Waals surface area (Å²) >= 11 is 0. The SMILES string of the molecule is Cc1ccc(NC(=O)c2ccc(CN3CCN(CCCCCCOCCOCCOCCCCCC(N)=O)CC3)cc2)cc1Nc1nccc(-c2cccnc2)n1. The maximum atomic E-state index is 13.2. The molecule has 0 saturated carbocycles. The van der Waals surface area contributed by atoms with E-state index in [1.54, 1.807) is 18.6 Å². The number of piperazine rings is 1. The van der Waals surface area contributed by atoms with Crippen molar-refractivity contribution in [3.8, 4) is 11.3 Å². The van der Waals surface area contributed by atoms with Crippen molar-refractivity contribution < 1.29 is 23.8 Å². The van der Waals surface area contributed by atoms with E-state index in [1.807, 2.05) is 55.5 Å². The van der Waals surface area contributed by atoms with Crippen molar-refractivity contribution in [2.75, 3.05) is 83.0 Å². The Labute approximate surface area is 337 Å². The highest BCUT2D eigenvalue weighted by Gasteiger charge is 2.17. The normalized spacial score (nSPS) is 13.4. The Bertz CT molecular complexity index is 1770. The molecule has 57 heavy (non-hydrogen) atoms. The van der Waals surface area contributed by atoms with Gasteiger partial charge in [-0.2, -0.15) is 0 Å². The third-order valence-corrected chi connectivity index (χ3v) is 9.91. The van der Waals surface area contributed by atoms with Crippen molar-refractivity contribution in [1.82, 2.24) is 24.8 Å². The summed E-state index contributed by atoms with van der Waals surface area (Å²) < 4.78 is 16.8. The van der Waals surface area contributed by atoms with Crippen LogP contribution in [0.1, 0.15) is 72.9 Å². The first-order valence-electron chi connectivity index (χ1n) is 20.4. The summed E-state index contributed by atoms with van der Waals surface area (Å²) in [5, 5.41) is 6.34. The smallest absolute Gasteiger partial charge is 0.255 e. The number of rotatable bonds is 26. The van der Waals surface area contributed by atoms with E-state index in [4.69, 9.17) is 19.9 Å². The van der Waals surface area contributed by atoms with Gasteiger partial charge in [-0.25, -0.2) is 9.97 Å². The Morgan fingerprint density at radius 2 is 1.44 bits per heavy atom. The van der Waals surface area contributed by atoms with Crippen LogP contribution in [0.15, 0.2) is 79.3 Å². The van der Waals surface area contributed by atoms with E-state index in [-0.39, 0.29) is 11.8 Å². The molecule has 13 nitrogen and oxygen atoms in total. The fraction of sp³-hybridized carbons (Fsp3) is 0.477. The molecule has 1 fully saturated rings. The number of carbonyl (C=O) groups excluding carboxylic acids is 2. The second kappa shape index (κ2) is 24.8. The summed E-state index contributed by atoms with van der Waals surface area (Å²) in [5.41, 5.74) is 11.2. The number of carbonyl (C=O) groups is 2. The average molecular weight is 781 g/mol. The van der Waals surface area contributed by atoms with Gasteiger partial charge < -0.3 is 35.5 Å². The molecule has 0 atom stereocenters. The number of ether oxygens (including phenoxy) is 3. The Kier molecular flexibility index (Phi) is 18.8. The van der Waals surface area contributed by atoms with Crippen LogP contribution in [0.4, 0.5) is 17.3 Å². The van der Waals surface area contributed by atoms with Crippen LogP contribution in [-0.4, -0.2) is 109 Å². The first-order valence-corrected chi connectivity index (χ1v) is 20.4. The van der Waals surface area contributed by atoms with Crippen molar-refractivity contribution in [3.63, 3.8) is 0 Å². The number of amides is 2. The summed E-state index contributed by atoms with van der Waals surface area (Å²) in [6, 6.07) is 19.4. The van der Waals surface area contributed by atoms with E-state index in [9.17, 15) is 9.59 Å². The Balaban J connectivity index is 0.892. The third kappa shape index (κ3) is 16.3. The number of nitrogens with two attached hydrogens (primary N) is 1. The summed E-state index contributed by atoms with van der Waals surface area (Å²) in [7, 11) is 0. The predicted octanol–water partition coefficient (Wildman–Crippen LogP) is 6.62. The molecule has 3 heterocycles. The van der Waals surface area contributed by atoms with Crippen molar-refractivity contribution in [2.24, 2.45) is 5.73 Å². The lowest BCUT2D eigenvalue weighted by Gasteiger charge is -2.34. The minimum atomic E-state index is -0.238. The zero-order valence-corrected chi connectivity index (χ0v) is 33.5. The lowest BCUT2D eigenvalue weighted by Crippen LogP contribution is -2.46. The summed E-state index contributed by atoms with van der Waals surface area (Å²) in [6.45, 7) is 12.1. The van der Waals surface area contributed by atoms with Gasteiger partial charge in [0.05, 0.1) is 32.1 Å². The topological polar surface area (TPSA) is 157 Å². The second-order valence-corrected chi connectivity index (χ2v) is 14.5. The molecule has 2 amide bonds. The number of hydrogen-bond acceptors (Lipinski definition) is 11. The molecule has 306 valence electrons. The summed E-state index contributed by atoms with van der Waals surface area (Å²) in [5.74, 6) is 0.0746. The standard InChI is InChI=1S/C44H60N8O5/c1-35-12-17-39(32-41(35)50-44-47-20-18-40(49-44)38-10-9-19-46-33-38)48-43(54)37-15-13-36(14-16-37)34-52-24-22-51(23-25-52)21-6-2-3-7-26-55-28-30-57-31-29-56-27-8-4-5-11-42(45)53/h9-10,12-20,32-33H,2-8,11,21-31,34H2,1H3,(H2,45,53)(H,48,54)(H,47,49,50). The van der Waals surface area contributed by atoms with E-state index in [1.165, 1.54) is 24.8 Å². The van der Waals surface area contributed by atoms with Crippen molar-refractivity contribution in [2.45, 2.75) is 64.8 Å². The van der Waals surface area contributed by atoms with Crippen LogP contribution in [0.25, 0.3) is 11.3 Å². The highest BCUT2D eigenvalue weighted by atomic mass is 16.5. The molecule has 5 rings (SSSR count). The molecule has 2 aromatic carbocycles. The van der Waals surface area contributed by atoms with Gasteiger partial charge in [0.1, 0.15) is 0 Å². The van der Waals surface area contributed by atoms with E-state index >= 15 is 0 Å². The number of primary amides is 1. The number of nitrogens with one attached hydrogen (secondary N) is 2. The highest BCUT2D eigenvalue weighted by Crippen LogP contribution is 2.25. The molecule has 0 unspecified atom stereocenters. The van der Waals surface area contributed by atoms with Crippen molar-refractivity contribution in [1.29, 1.82) is 0 Å². The number of unbranched alkanes of at least 4 members (excludes halogenated alkanes) is 5. The number of pyridine rings is 1. The molecule has 1 saturated heterocycles. The fourth-order valence-electron chi connectivity index (χ4n) is 6.56. The van der Waals surface area contributed by atoms with Gasteiger partial charge in [-0.05, 0) is 92.7 Å². The van der Waals surface area contributed by atoms with Gasteiger partial charge in [0.15, 0.2) is 0 Å². The van der Waals surface area contributed by atoms with E-state index in [0.29, 0.717) is 56.7 Å². The van der Waals surface area contributed by atoms with Gasteiger partial charge >= 0.3 is 0 Å². The zero-order valence-electron chi connectivity index (χ0n) is 33.5. The molecule has 1 aliphatic rings. The number of nitrogens with zero attached hydrogens (tertiary/aromatic N) is 5. The van der Waals surface area contributed by atoms with Gasteiger partial charge in [-0.1, -0.05) is 37.5 Å². The predicted molar refractivity (Wildman–Crippen MR) is 224 cm³/mol. The number of hydrogen-bond donors (Lipinski definition) is 3. The summed E-state index contributed by atoms with van der Waals surface area (Å²) in [4.78, 5) is 42.2. The molecular formula is C44H60N8O5. The first kappa shape index (κ1) is 43.3. The Morgan fingerprint density at radius 1 is 0.754 bits per heavy atom. The van der Waals surface area contributed by atoms with Crippen molar-refractivity contribution >= 4 is 29.1 Å². The third-order valence-electron chi connectivity index (χ3n) is 9.91. The van der Waals surface area contributed by atoms with Crippen LogP contribution in [0.5, 0.6) is 0 Å². The minimum absolute atomic E-state index is 0.154. The van der Waals surface area contributed by atoms with E-state index < -0.39 is 0 Å². The van der Waals surface area contributed by atoms with Gasteiger partial charge in [0.25, 0.3) is 5.91 Å². The maximum absolute atomic E-state index is 13.2. The largest absolute Gasteiger partial charge is 0.379 e. The van der Waals surface area contributed by atoms with Crippen LogP contribution in [-0.2, 0) is 25.5 Å². The van der Waals surface area contributed by atoms with E-state index in [2.05, 4.69) is 47.5 Å². The number of anilines is 3. The lowest BCUT2D eigenvalue weighted by atomic mass is 10.1. The molecule has 4 N–H and O–H groups in total. The van der Waals surface area contributed by atoms with Crippen LogP contribution < -0.4 is 16.4 Å². The minimum Gasteiger partial charge on any atom is -0.379 e. The number of benzene rings is 2. The fourth-order valence-corrected chi connectivity index (χ4v) is 6.56. The molecule has 0 radical (unpaired) electrons. The highest BCUT2D eigenvalue weighted by molar-refractivity contribution is 6.04. The van der Waals surface area contributed by atoms with Gasteiger partial charge in [0, 0.05) is 93.5 Å². The molecule has 2 aromatic heterocycles. The van der Waals surface area contributed by atoms with Crippen LogP contribution in [0.3, 0.4) is 0 Å². The second-order valence-electron chi connectivity index (χ2n) is 14.5. The van der Waals surface area contributed by atoms with Gasteiger partial charge in [-0.3, -0.25) is 19.5 Å². The quantitative estimate of drug-likeness (QED) is 0.0589. The Hall–Kier alpha value is -4.79. The summed E-state index contributed by atoms with van der Waals surface area (Å²) in [6.07, 6.45) is 13.1. The molecule has 1 aliphatic heterocycles. The molecule has 0 spiro atoms. The molecule has 0 aliphatic carbocycles. The van der Waals surface area contributed by atoms with Crippen LogP contribution >= 0.6 is 0 Å². The van der Waals surface area contributed by atoms with Gasteiger partial charge in [0.2, 0.25) is 11.9 Å². The number of aromatic nitrogens is 3. The lowest BCUT2D eigenvalue weighted by molar-refractivity contribution is -0.118. The molecular weight excluding hydrogens is 721 g/mol. The van der Waals surface area contributed by atoms with Crippen LogP contribution in [0.2, 0.25) is 0 Å². The number of aryl methyl sites for hydroxylation is 1. The van der Waals surface area contributed by atoms with Crippen molar-refractivity contribution in [3.05, 3.63) is 95.9 Å². The zero-order chi connectivity index (χ0) is 39.9. The first-order chi connectivity index (χ1) is 27.9. The molecule has 13 heteroatoms.